The summed E-state index contributed by atoms with van der Waals surface area (Å²) in [7, 11) is 1.62. The Morgan fingerprint density at radius 3 is 2.84 bits per heavy atom. The molecule has 4 rings (SSSR count). The Kier molecular flexibility index (Phi) is 4.05. The predicted molar refractivity (Wildman–Crippen MR) is 94.5 cm³/mol. The van der Waals surface area contributed by atoms with Gasteiger partial charge in [0, 0.05) is 19.2 Å². The molecule has 3 aromatic heterocycles. The van der Waals surface area contributed by atoms with Crippen molar-refractivity contribution in [1.82, 2.24) is 29.3 Å². The second kappa shape index (κ2) is 6.51. The van der Waals surface area contributed by atoms with Gasteiger partial charge in [-0.1, -0.05) is 0 Å². The molecule has 128 valence electrons. The molecule has 4 heterocycles. The highest BCUT2D eigenvalue weighted by atomic mass is 16.5. The summed E-state index contributed by atoms with van der Waals surface area (Å²) < 4.78 is 9.34. The average molecular weight is 336 g/mol. The maximum absolute atomic E-state index is 5.44. The first-order valence-corrected chi connectivity index (χ1v) is 8.41. The van der Waals surface area contributed by atoms with E-state index in [4.69, 9.17) is 4.74 Å². The first kappa shape index (κ1) is 15.6. The third kappa shape index (κ3) is 3.17. The molecule has 0 N–H and O–H groups in total. The van der Waals surface area contributed by atoms with E-state index in [1.54, 1.807) is 13.4 Å². The van der Waals surface area contributed by atoms with E-state index in [9.17, 15) is 0 Å². The van der Waals surface area contributed by atoms with Crippen LogP contribution < -0.4 is 4.74 Å². The summed E-state index contributed by atoms with van der Waals surface area (Å²) in [5.41, 5.74) is 2.60. The molecule has 0 spiro atoms. The lowest BCUT2D eigenvalue weighted by molar-refractivity contribution is 0.395. The van der Waals surface area contributed by atoms with Crippen molar-refractivity contribution in [3.05, 3.63) is 47.7 Å². The first-order chi connectivity index (χ1) is 12.2. The van der Waals surface area contributed by atoms with Crippen LogP contribution in [0.25, 0.3) is 17.8 Å². The fraction of sp³-hybridized carbons (Fsp3) is 0.333. The number of rotatable bonds is 4. The normalized spacial score (nSPS) is 14.0. The summed E-state index contributed by atoms with van der Waals surface area (Å²) in [6, 6.07) is 3.91. The monoisotopic (exact) mass is 336 g/mol. The zero-order chi connectivity index (χ0) is 17.2. The van der Waals surface area contributed by atoms with Crippen molar-refractivity contribution in [1.29, 1.82) is 0 Å². The van der Waals surface area contributed by atoms with Gasteiger partial charge in [0.15, 0.2) is 5.82 Å². The molecular formula is C18H20N6O. The Morgan fingerprint density at radius 1 is 1.16 bits per heavy atom. The molecule has 0 saturated heterocycles. The molecule has 7 nitrogen and oxygen atoms in total. The molecule has 0 aromatic carbocycles. The van der Waals surface area contributed by atoms with Crippen LogP contribution in [0.4, 0.5) is 0 Å². The van der Waals surface area contributed by atoms with Crippen LogP contribution in [0.1, 0.15) is 35.9 Å². The maximum atomic E-state index is 5.44. The molecule has 7 heteroatoms. The molecule has 0 fully saturated rings. The SMILES string of the molecule is COc1nc(/C=C/c2nc3n(n2)CCCC3)ccc1-n1cnc(C)c1. The van der Waals surface area contributed by atoms with E-state index in [0.29, 0.717) is 5.88 Å². The van der Waals surface area contributed by atoms with Gasteiger partial charge in [0.2, 0.25) is 5.88 Å². The molecule has 0 saturated carbocycles. The lowest BCUT2D eigenvalue weighted by Gasteiger charge is -2.09. The number of methoxy groups -OCH3 is 1. The highest BCUT2D eigenvalue weighted by Crippen LogP contribution is 2.22. The minimum atomic E-state index is 0.552. The third-order valence-electron chi connectivity index (χ3n) is 4.23. The topological polar surface area (TPSA) is 70.7 Å². The number of pyridine rings is 1. The van der Waals surface area contributed by atoms with E-state index in [2.05, 4.69) is 20.1 Å². The van der Waals surface area contributed by atoms with Gasteiger partial charge in [0.25, 0.3) is 0 Å². The number of nitrogens with zero attached hydrogens (tertiary/aromatic N) is 6. The minimum Gasteiger partial charge on any atom is -0.479 e. The van der Waals surface area contributed by atoms with Crippen molar-refractivity contribution in [2.24, 2.45) is 0 Å². The summed E-state index contributed by atoms with van der Waals surface area (Å²) in [5, 5.41) is 4.52. The van der Waals surface area contributed by atoms with Crippen molar-refractivity contribution >= 4 is 12.2 Å². The fourth-order valence-electron chi connectivity index (χ4n) is 2.97. The number of hydrogen-bond acceptors (Lipinski definition) is 5. The fourth-order valence-corrected chi connectivity index (χ4v) is 2.97. The van der Waals surface area contributed by atoms with Gasteiger partial charge in [-0.3, -0.25) is 0 Å². The number of aryl methyl sites for hydroxylation is 3. The summed E-state index contributed by atoms with van der Waals surface area (Å²) >= 11 is 0. The van der Waals surface area contributed by atoms with Crippen LogP contribution >= 0.6 is 0 Å². The van der Waals surface area contributed by atoms with Crippen LogP contribution in [0, 0.1) is 6.92 Å². The van der Waals surface area contributed by atoms with Gasteiger partial charge in [-0.2, -0.15) is 5.10 Å². The lowest BCUT2D eigenvalue weighted by Crippen LogP contribution is -2.11. The smallest absolute Gasteiger partial charge is 0.238 e. The number of imidazole rings is 1. The van der Waals surface area contributed by atoms with E-state index >= 15 is 0 Å². The van der Waals surface area contributed by atoms with E-state index in [1.165, 1.54) is 12.8 Å². The molecule has 0 unspecified atom stereocenters. The molecule has 0 radical (unpaired) electrons. The van der Waals surface area contributed by atoms with Crippen molar-refractivity contribution in [2.45, 2.75) is 32.7 Å². The molecule has 0 amide bonds. The van der Waals surface area contributed by atoms with Crippen LogP contribution in [-0.2, 0) is 13.0 Å². The largest absolute Gasteiger partial charge is 0.479 e. The van der Waals surface area contributed by atoms with E-state index in [1.807, 2.05) is 46.7 Å². The van der Waals surface area contributed by atoms with Gasteiger partial charge in [-0.15, -0.1) is 0 Å². The quantitative estimate of drug-likeness (QED) is 0.732. The van der Waals surface area contributed by atoms with Crippen LogP contribution in [0.5, 0.6) is 5.88 Å². The second-order valence-corrected chi connectivity index (χ2v) is 6.09. The van der Waals surface area contributed by atoms with Gasteiger partial charge < -0.3 is 9.30 Å². The van der Waals surface area contributed by atoms with Gasteiger partial charge >= 0.3 is 0 Å². The number of ether oxygens (including phenoxy) is 1. The Hall–Kier alpha value is -2.96. The summed E-state index contributed by atoms with van der Waals surface area (Å²) in [4.78, 5) is 13.4. The molecule has 1 aliphatic heterocycles. The summed E-state index contributed by atoms with van der Waals surface area (Å²) in [6.45, 7) is 2.91. The zero-order valence-electron chi connectivity index (χ0n) is 14.4. The first-order valence-electron chi connectivity index (χ1n) is 8.41. The molecule has 3 aromatic rings. The van der Waals surface area contributed by atoms with Gasteiger partial charge in [0.05, 0.1) is 24.8 Å². The molecule has 0 atom stereocenters. The standard InChI is InChI=1S/C18H20N6O/c1-13-11-23(12-19-13)15-8-6-14(20-18(15)25-2)7-9-16-21-17-5-3-4-10-24(17)22-16/h6-9,11-12H,3-5,10H2,1-2H3/b9-7+. The second-order valence-electron chi connectivity index (χ2n) is 6.09. The molecule has 0 bridgehead atoms. The highest BCUT2D eigenvalue weighted by molar-refractivity contribution is 5.65. The third-order valence-corrected chi connectivity index (χ3v) is 4.23. The maximum Gasteiger partial charge on any atom is 0.238 e. The van der Waals surface area contributed by atoms with Gasteiger partial charge in [0.1, 0.15) is 11.5 Å². The van der Waals surface area contributed by atoms with E-state index in [-0.39, 0.29) is 0 Å². The number of aromatic nitrogens is 6. The predicted octanol–water partition coefficient (Wildman–Crippen LogP) is 2.68. The molecular weight excluding hydrogens is 316 g/mol. The summed E-state index contributed by atoms with van der Waals surface area (Å²) in [6.07, 6.45) is 10.9. The molecule has 1 aliphatic rings. The Morgan fingerprint density at radius 2 is 2.08 bits per heavy atom. The van der Waals surface area contributed by atoms with Crippen molar-refractivity contribution in [3.63, 3.8) is 0 Å². The van der Waals surface area contributed by atoms with E-state index < -0.39 is 0 Å². The number of fused-ring (bicyclic) bond motifs is 1. The van der Waals surface area contributed by atoms with Crippen LogP contribution in [-0.4, -0.2) is 36.4 Å². The van der Waals surface area contributed by atoms with Crippen molar-refractivity contribution in [2.75, 3.05) is 7.11 Å². The lowest BCUT2D eigenvalue weighted by atomic mass is 10.2. The molecule has 25 heavy (non-hydrogen) atoms. The van der Waals surface area contributed by atoms with Crippen molar-refractivity contribution in [3.8, 4) is 11.6 Å². The van der Waals surface area contributed by atoms with Gasteiger partial charge in [-0.05, 0) is 44.1 Å². The minimum absolute atomic E-state index is 0.552. The van der Waals surface area contributed by atoms with Crippen LogP contribution in [0.2, 0.25) is 0 Å². The Labute approximate surface area is 146 Å². The Balaban J connectivity index is 1.59. The Bertz CT molecular complexity index is 900. The highest BCUT2D eigenvalue weighted by Gasteiger charge is 2.12. The van der Waals surface area contributed by atoms with Gasteiger partial charge in [-0.25, -0.2) is 19.6 Å². The summed E-state index contributed by atoms with van der Waals surface area (Å²) in [5.74, 6) is 2.35. The zero-order valence-corrected chi connectivity index (χ0v) is 14.4. The molecule has 0 aliphatic carbocycles. The average Bonchev–Trinajstić information content (AvgIpc) is 3.25. The van der Waals surface area contributed by atoms with E-state index in [0.717, 1.165) is 41.7 Å². The van der Waals surface area contributed by atoms with Crippen molar-refractivity contribution < 1.29 is 4.74 Å². The number of hydrogen-bond donors (Lipinski definition) is 0. The van der Waals surface area contributed by atoms with Crippen LogP contribution in [0.15, 0.2) is 24.7 Å². The van der Waals surface area contributed by atoms with Crippen LogP contribution in [0.3, 0.4) is 0 Å².